The van der Waals surface area contributed by atoms with E-state index in [1.54, 1.807) is 143 Å². The molecule has 6 aliphatic rings. The first kappa shape index (κ1) is 87.1. The molecule has 118 heavy (non-hydrogen) atoms. The van der Waals surface area contributed by atoms with Crippen molar-refractivity contribution >= 4 is 101 Å². The number of aromatic nitrogens is 6. The molecule has 2 aromatic heterocycles. The van der Waals surface area contributed by atoms with E-state index in [1.165, 1.54) is 19.2 Å². The summed E-state index contributed by atoms with van der Waals surface area (Å²) in [6.07, 6.45) is 3.56. The van der Waals surface area contributed by atoms with Crippen LogP contribution in [0.2, 0.25) is 0 Å². The quantitative estimate of drug-likeness (QED) is 0.0663. The molecular weight excluding hydrogens is 1560 g/mol. The van der Waals surface area contributed by atoms with Crippen LogP contribution < -0.4 is 61.5 Å². The minimum Gasteiger partial charge on any atom is -0.487 e. The Kier molecular flexibility index (Phi) is 27.2. The van der Waals surface area contributed by atoms with E-state index in [1.807, 2.05) is 82.2 Å². The summed E-state index contributed by atoms with van der Waals surface area (Å²) in [6, 6.07) is 24.2. The number of amides is 10. The summed E-state index contributed by atoms with van der Waals surface area (Å²) in [6.45, 7) is 13.1. The molecule has 6 aliphatic heterocycles. The SMILES string of the molecule is CNC(C)C(=O)NC(C(=O)N1CC2CC1C(=O)NC(Cc1ccc3ccccc3c1)C(=O)NC(C(=O)NS(C)(=O)=O)Cc1ccc(cc1)OCc1cn(nn1)C1CC(C(=O)NC(Cc3ccc4ccccc4c3)C(=O)NC(C(=O)NS(C)(=O)=O)Cc3ccc(cc3)OCc3cn2nn3)N(C(=O)C(NC(=O)C(C)NC)C(C)(C)C)C1)C(C)(C)C. The number of carbonyl (C=O) groups is 10. The van der Waals surface area contributed by atoms with Gasteiger partial charge in [-0.05, 0) is 107 Å². The molecule has 10 amide bonds. The second kappa shape index (κ2) is 36.8. The van der Waals surface area contributed by atoms with Crippen LogP contribution in [0.5, 0.6) is 11.5 Å². The number of nitrogens with one attached hydrogen (secondary N) is 10. The maximum Gasteiger partial charge on any atom is 0.256 e. The fraction of sp³-hybridized carbons (Fsp3) is 0.439. The van der Waals surface area contributed by atoms with Crippen LogP contribution in [0.1, 0.15) is 114 Å². The van der Waals surface area contributed by atoms with Crippen molar-refractivity contribution in [1.29, 1.82) is 0 Å². The molecule has 0 radical (unpaired) electrons. The Bertz CT molecular complexity index is 4980. The van der Waals surface area contributed by atoms with Gasteiger partial charge in [0.15, 0.2) is 0 Å². The topological polar surface area (TPSA) is 446 Å². The van der Waals surface area contributed by atoms with Gasteiger partial charge in [-0.2, -0.15) is 0 Å². The molecule has 6 aromatic carbocycles. The molecule has 0 aliphatic carbocycles. The van der Waals surface area contributed by atoms with Gasteiger partial charge in [0.2, 0.25) is 67.3 Å². The Morgan fingerprint density at radius 3 is 1.19 bits per heavy atom. The van der Waals surface area contributed by atoms with Gasteiger partial charge in [-0.15, -0.1) is 10.2 Å². The van der Waals surface area contributed by atoms with Gasteiger partial charge in [0, 0.05) is 51.6 Å². The Hall–Kier alpha value is -11.8. The summed E-state index contributed by atoms with van der Waals surface area (Å²) < 4.78 is 70.6. The molecule has 12 atom stereocenters. The Morgan fingerprint density at radius 1 is 0.492 bits per heavy atom. The van der Waals surface area contributed by atoms with E-state index in [0.717, 1.165) is 34.1 Å². The van der Waals surface area contributed by atoms with E-state index in [4.69, 9.17) is 9.47 Å². The predicted molar refractivity (Wildman–Crippen MR) is 436 cm³/mol. The van der Waals surface area contributed by atoms with E-state index >= 15 is 28.8 Å². The van der Waals surface area contributed by atoms with Gasteiger partial charge in [0.1, 0.15) is 84.4 Å². The molecule has 0 spiro atoms. The third-order valence-electron chi connectivity index (χ3n) is 21.2. The first-order chi connectivity index (χ1) is 55.8. The van der Waals surface area contributed by atoms with Crippen molar-refractivity contribution in [3.05, 3.63) is 179 Å². The van der Waals surface area contributed by atoms with Gasteiger partial charge in [0.25, 0.3) is 11.8 Å². The highest BCUT2D eigenvalue weighted by molar-refractivity contribution is 7.89. The van der Waals surface area contributed by atoms with Crippen molar-refractivity contribution in [1.82, 2.24) is 91.8 Å². The number of ether oxygens (including phenoxy) is 2. The van der Waals surface area contributed by atoms with Gasteiger partial charge in [-0.25, -0.2) is 26.2 Å². The zero-order valence-corrected chi connectivity index (χ0v) is 69.4. The van der Waals surface area contributed by atoms with Crippen molar-refractivity contribution in [2.75, 3.05) is 39.7 Å². The van der Waals surface area contributed by atoms with Crippen LogP contribution in [-0.2, 0) is 107 Å². The average molecular weight is 1660 g/mol. The largest absolute Gasteiger partial charge is 0.487 e. The van der Waals surface area contributed by atoms with Gasteiger partial charge in [-0.1, -0.05) is 161 Å². The smallest absolute Gasteiger partial charge is 0.256 e. The van der Waals surface area contributed by atoms with Crippen LogP contribution in [0.25, 0.3) is 21.5 Å². The molecule has 2 fully saturated rings. The molecule has 2 saturated heterocycles. The molecule has 628 valence electrons. The van der Waals surface area contributed by atoms with E-state index in [0.29, 0.717) is 33.6 Å². The predicted octanol–water partition coefficient (Wildman–Crippen LogP) is 2.27. The molecule has 10 N–H and O–H groups in total. The van der Waals surface area contributed by atoms with Crippen LogP contribution in [0.4, 0.5) is 0 Å². The lowest BCUT2D eigenvalue weighted by atomic mass is 9.85. The highest BCUT2D eigenvalue weighted by atomic mass is 32.2. The number of benzene rings is 6. The minimum atomic E-state index is -4.24. The molecule has 36 heteroatoms. The monoisotopic (exact) mass is 1660 g/mol. The zero-order valence-electron chi connectivity index (χ0n) is 67.8. The number of nitrogens with zero attached hydrogens (tertiary/aromatic N) is 8. The lowest BCUT2D eigenvalue weighted by molar-refractivity contribution is -0.144. The highest BCUT2D eigenvalue weighted by Crippen LogP contribution is 2.35. The second-order valence-electron chi connectivity index (χ2n) is 32.6. The molecule has 12 bridgehead atoms. The van der Waals surface area contributed by atoms with Crippen LogP contribution in [0.15, 0.2) is 146 Å². The Balaban J connectivity index is 0.961. The van der Waals surface area contributed by atoms with Crippen LogP contribution in [0.3, 0.4) is 0 Å². The fourth-order valence-electron chi connectivity index (χ4n) is 14.4. The van der Waals surface area contributed by atoms with E-state index in [-0.39, 0.29) is 76.3 Å². The van der Waals surface area contributed by atoms with Gasteiger partial charge < -0.3 is 61.8 Å². The average Bonchev–Trinajstić information content (AvgIpc) is 1.62. The summed E-state index contributed by atoms with van der Waals surface area (Å²) >= 11 is 0. The molecule has 8 heterocycles. The maximum atomic E-state index is 15.5. The van der Waals surface area contributed by atoms with E-state index in [2.05, 4.69) is 63.2 Å². The summed E-state index contributed by atoms with van der Waals surface area (Å²) in [5.41, 5.74) is 0.694. The first-order valence-electron chi connectivity index (χ1n) is 38.8. The second-order valence-corrected chi connectivity index (χ2v) is 36.1. The van der Waals surface area contributed by atoms with Crippen LogP contribution >= 0.6 is 0 Å². The zero-order chi connectivity index (χ0) is 85.3. The van der Waals surface area contributed by atoms with Crippen LogP contribution in [0, 0.1) is 10.8 Å². The van der Waals surface area contributed by atoms with E-state index < -0.39 is 162 Å². The Morgan fingerprint density at radius 2 is 0.847 bits per heavy atom. The van der Waals surface area contributed by atoms with Gasteiger partial charge in [0.05, 0.1) is 49.1 Å². The number of hydrogen-bond acceptors (Lipinski definition) is 22. The lowest BCUT2D eigenvalue weighted by Crippen LogP contribution is -2.61. The molecule has 12 unspecified atom stereocenters. The van der Waals surface area contributed by atoms with Crippen molar-refractivity contribution in [2.45, 2.75) is 180 Å². The Labute approximate surface area is 684 Å². The normalized spacial score (nSPS) is 21.2. The maximum absolute atomic E-state index is 15.5. The van der Waals surface area contributed by atoms with Crippen LogP contribution in [-0.4, -0.2) is 216 Å². The first-order valence-corrected chi connectivity index (χ1v) is 42.6. The summed E-state index contributed by atoms with van der Waals surface area (Å²) in [7, 11) is -5.29. The number of rotatable bonds is 16. The third-order valence-corrected chi connectivity index (χ3v) is 22.3. The summed E-state index contributed by atoms with van der Waals surface area (Å²) in [5.74, 6) is -7.27. The van der Waals surface area contributed by atoms with Crippen molar-refractivity contribution in [3.63, 3.8) is 0 Å². The summed E-state index contributed by atoms with van der Waals surface area (Å²) in [5, 5.41) is 43.8. The molecule has 34 nitrogen and oxygen atoms in total. The molecule has 14 rings (SSSR count). The number of likely N-dealkylation sites (N-methyl/N-ethyl adjacent to an activating group) is 2. The lowest BCUT2D eigenvalue weighted by Gasteiger charge is -2.36. The minimum absolute atomic E-state index is 0.103. The fourth-order valence-corrected chi connectivity index (χ4v) is 15.4. The molecule has 0 saturated carbocycles. The highest BCUT2D eigenvalue weighted by Gasteiger charge is 2.49. The number of fused-ring (bicyclic) bond motifs is 2. The number of likely N-dealkylation sites (tertiary alicyclic amines) is 2. The molecular formula is C82H102N18O16S2. The number of carbonyl (C=O) groups excluding carboxylic acids is 10. The van der Waals surface area contributed by atoms with Crippen molar-refractivity contribution in [2.24, 2.45) is 10.8 Å². The number of hydrogen-bond donors (Lipinski definition) is 10. The van der Waals surface area contributed by atoms with Gasteiger partial charge >= 0.3 is 0 Å². The standard InChI is InChI=1S/C82H102N18O16S2/c1-47(83-9)71(101)89-69(81(3,4)5)79(109)97-43-59-39-67(97)77(107)87-63(37-51-21-27-53-17-13-15-19-55(53)33-51)73(103)85-65(75(105)93-117(11,111)112)35-49-25-31-62(32-26-49)116-46-58-42-100(96-92-58)60-40-68(98(44-60)80(110)70(82(6,7)8)90-72(102)48(2)84-10)78(108)88-64(38-52-22-28-54-18-14-16-20-56(54)34-52)74(104)86-66(76(106)94-118(12,113)114)36-50-23-29-61(30-24-50)115-45-57-41-99(59)95-91-57/h13-34,41-42,47-48,59-60,63-70,83-84H,35-40,43-46H2,1-12H3,(H,85,103)(H,86,104)(H,87,107)(H,88,108)(H,89,101)(H,90,102)(H,93,105)(H,94,106). The van der Waals surface area contributed by atoms with E-state index in [9.17, 15) is 36.0 Å². The molecule has 8 aromatic rings. The van der Waals surface area contributed by atoms with Gasteiger partial charge in [-0.3, -0.25) is 57.4 Å². The van der Waals surface area contributed by atoms with Crippen molar-refractivity contribution < 1.29 is 74.3 Å². The van der Waals surface area contributed by atoms with Crippen molar-refractivity contribution in [3.8, 4) is 11.5 Å². The third kappa shape index (κ3) is 22.5. The number of sulfonamides is 2. The summed E-state index contributed by atoms with van der Waals surface area (Å²) in [4.78, 5) is 151.